The molecule has 3 aliphatic heterocycles. The Morgan fingerprint density at radius 2 is 2.09 bits per heavy atom. The van der Waals surface area contributed by atoms with Crippen LogP contribution in [0.2, 0.25) is 0 Å². The molecule has 0 saturated carbocycles. The van der Waals surface area contributed by atoms with Crippen LogP contribution in [0.25, 0.3) is 17.0 Å². The molecule has 4 heterocycles. The number of likely N-dealkylation sites (tertiary alicyclic amines) is 1. The Morgan fingerprint density at radius 1 is 1.34 bits per heavy atom. The Morgan fingerprint density at radius 3 is 2.72 bits per heavy atom. The van der Waals surface area contributed by atoms with Gasteiger partial charge in [-0.15, -0.1) is 0 Å². The third-order valence-corrected chi connectivity index (χ3v) is 6.27. The minimum absolute atomic E-state index is 0.0839. The lowest BCUT2D eigenvalue weighted by Gasteiger charge is -2.26. The molecule has 1 aromatic carbocycles. The van der Waals surface area contributed by atoms with Crippen molar-refractivity contribution < 1.29 is 19.5 Å². The van der Waals surface area contributed by atoms with Crippen molar-refractivity contribution in [1.29, 1.82) is 0 Å². The first-order chi connectivity index (χ1) is 15.2. The minimum atomic E-state index is -1.70. The Bertz CT molecular complexity index is 1310. The number of imidazole rings is 1. The van der Waals surface area contributed by atoms with E-state index in [0.717, 1.165) is 11.1 Å². The second kappa shape index (κ2) is 6.80. The van der Waals surface area contributed by atoms with Crippen LogP contribution in [0.5, 0.6) is 0 Å². The molecule has 9 heteroatoms. The molecule has 32 heavy (non-hydrogen) atoms. The number of primary amides is 1. The number of carbonyl (C=O) groups is 3. The van der Waals surface area contributed by atoms with Crippen molar-refractivity contribution in [2.75, 3.05) is 20.6 Å². The second-order valence-electron chi connectivity index (χ2n) is 8.26. The molecular weight excluding hydrogens is 410 g/mol. The zero-order valence-corrected chi connectivity index (χ0v) is 17.6. The number of nitrogens with one attached hydrogen (secondary N) is 1. The zero-order chi connectivity index (χ0) is 22.8. The summed E-state index contributed by atoms with van der Waals surface area (Å²) in [4.78, 5) is 42.7. The molecule has 0 spiro atoms. The van der Waals surface area contributed by atoms with E-state index in [1.54, 1.807) is 17.7 Å². The van der Waals surface area contributed by atoms with Crippen molar-refractivity contribution in [2.24, 2.45) is 5.73 Å². The van der Waals surface area contributed by atoms with Crippen LogP contribution in [0, 0.1) is 11.8 Å². The summed E-state index contributed by atoms with van der Waals surface area (Å²) >= 11 is 0. The van der Waals surface area contributed by atoms with Gasteiger partial charge in [0, 0.05) is 38.2 Å². The molecule has 3 amide bonds. The number of hydrogen-bond acceptors (Lipinski definition) is 5. The molecule has 162 valence electrons. The molecule has 2 bridgehead atoms. The molecule has 1 unspecified atom stereocenters. The summed E-state index contributed by atoms with van der Waals surface area (Å²) in [5.74, 6) is 4.45. The number of allylic oxidation sites excluding steroid dienone is 2. The maximum Gasteiger partial charge on any atom is 0.270 e. The fourth-order valence-corrected chi connectivity index (χ4v) is 4.47. The van der Waals surface area contributed by atoms with Crippen LogP contribution in [0.3, 0.4) is 0 Å². The van der Waals surface area contributed by atoms with Crippen LogP contribution in [-0.2, 0) is 4.79 Å². The number of aromatic nitrogens is 2. The zero-order valence-electron chi connectivity index (χ0n) is 17.6. The van der Waals surface area contributed by atoms with Crippen LogP contribution in [0.4, 0.5) is 0 Å². The lowest BCUT2D eigenvalue weighted by Crippen LogP contribution is -2.37. The predicted molar refractivity (Wildman–Crippen MR) is 115 cm³/mol. The Balaban J connectivity index is 1.65. The first kappa shape index (κ1) is 20.0. The highest BCUT2D eigenvalue weighted by Gasteiger charge is 2.42. The van der Waals surface area contributed by atoms with Gasteiger partial charge in [-0.3, -0.25) is 14.4 Å². The summed E-state index contributed by atoms with van der Waals surface area (Å²) in [5.41, 5.74) is 7.22. The normalized spacial score (nSPS) is 22.6. The van der Waals surface area contributed by atoms with Crippen molar-refractivity contribution in [3.8, 4) is 23.2 Å². The molecule has 1 aliphatic carbocycles. The molecule has 1 saturated heterocycles. The summed E-state index contributed by atoms with van der Waals surface area (Å²) in [7, 11) is 3.12. The summed E-state index contributed by atoms with van der Waals surface area (Å²) in [6, 6.07) is 5.41. The lowest BCUT2D eigenvalue weighted by atomic mass is 9.86. The first-order valence-corrected chi connectivity index (χ1v) is 10.2. The predicted octanol–water partition coefficient (Wildman–Crippen LogP) is 0.295. The second-order valence-corrected chi connectivity index (χ2v) is 8.26. The fraction of sp³-hybridized carbons (Fsp3) is 0.304. The number of nitrogens with zero attached hydrogens (tertiary/aromatic N) is 3. The molecule has 1 fully saturated rings. The van der Waals surface area contributed by atoms with Crippen LogP contribution in [-0.4, -0.2) is 63.5 Å². The number of amides is 3. The van der Waals surface area contributed by atoms with Crippen molar-refractivity contribution >= 4 is 23.3 Å². The largest absolute Gasteiger partial charge is 0.369 e. The smallest absolute Gasteiger partial charge is 0.270 e. The van der Waals surface area contributed by atoms with Gasteiger partial charge in [-0.05, 0) is 29.7 Å². The van der Waals surface area contributed by atoms with Gasteiger partial charge in [0.1, 0.15) is 11.5 Å². The molecule has 1 aromatic heterocycles. The molecule has 4 aliphatic rings. The van der Waals surface area contributed by atoms with E-state index in [9.17, 15) is 19.5 Å². The van der Waals surface area contributed by atoms with Gasteiger partial charge in [-0.1, -0.05) is 24.0 Å². The van der Waals surface area contributed by atoms with Crippen LogP contribution in [0.15, 0.2) is 24.3 Å². The molecule has 2 aromatic rings. The average molecular weight is 431 g/mol. The SMILES string of the molecule is CNC(=O)c1c(C(N)=O)nc2n1C1C=C(C1)c1ccc(C#C[C@]3(O)CCN(C)C3=O)cc1-2. The van der Waals surface area contributed by atoms with E-state index in [2.05, 4.69) is 22.1 Å². The fourth-order valence-electron chi connectivity index (χ4n) is 4.47. The van der Waals surface area contributed by atoms with E-state index in [-0.39, 0.29) is 23.9 Å². The van der Waals surface area contributed by atoms with Crippen molar-refractivity contribution in [3.05, 3.63) is 46.8 Å². The minimum Gasteiger partial charge on any atom is -0.369 e. The number of likely N-dealkylation sites (N-methyl/N-ethyl adjacent to an activating group) is 1. The van der Waals surface area contributed by atoms with Gasteiger partial charge >= 0.3 is 0 Å². The maximum atomic E-state index is 12.6. The van der Waals surface area contributed by atoms with Crippen molar-refractivity contribution in [3.63, 3.8) is 0 Å². The van der Waals surface area contributed by atoms with E-state index >= 15 is 0 Å². The summed E-state index contributed by atoms with van der Waals surface area (Å²) < 4.78 is 1.74. The van der Waals surface area contributed by atoms with Crippen LogP contribution >= 0.6 is 0 Å². The Kier molecular flexibility index (Phi) is 4.26. The highest BCUT2D eigenvalue weighted by Crippen LogP contribution is 2.47. The third-order valence-electron chi connectivity index (χ3n) is 6.27. The van der Waals surface area contributed by atoms with E-state index in [1.165, 1.54) is 11.9 Å². The van der Waals surface area contributed by atoms with E-state index in [4.69, 9.17) is 5.73 Å². The number of nitrogens with two attached hydrogens (primary N) is 1. The van der Waals surface area contributed by atoms with Gasteiger partial charge in [-0.2, -0.15) is 0 Å². The molecule has 4 N–H and O–H groups in total. The first-order valence-electron chi connectivity index (χ1n) is 10.2. The van der Waals surface area contributed by atoms with Crippen molar-refractivity contribution in [1.82, 2.24) is 19.8 Å². The number of rotatable bonds is 2. The average Bonchev–Trinajstić information content (AvgIpc) is 3.17. The van der Waals surface area contributed by atoms with E-state index < -0.39 is 23.3 Å². The summed E-state index contributed by atoms with van der Waals surface area (Å²) in [6.07, 6.45) is 2.98. The van der Waals surface area contributed by atoms with Crippen LogP contribution < -0.4 is 11.1 Å². The Labute approximate surface area is 183 Å². The summed E-state index contributed by atoms with van der Waals surface area (Å²) in [6.45, 7) is 0.444. The lowest BCUT2D eigenvalue weighted by molar-refractivity contribution is -0.137. The number of hydrogen-bond donors (Lipinski definition) is 3. The molecule has 2 atom stereocenters. The van der Waals surface area contributed by atoms with Crippen LogP contribution in [0.1, 0.15) is 51.0 Å². The highest BCUT2D eigenvalue weighted by atomic mass is 16.3. The van der Waals surface area contributed by atoms with Gasteiger partial charge < -0.3 is 25.6 Å². The number of benzene rings is 1. The molecular formula is C23H21N5O4. The highest BCUT2D eigenvalue weighted by molar-refractivity contribution is 6.06. The standard InChI is InChI=1S/C23H21N5O4/c1-25-21(30)18-17(19(24)29)26-20-16-9-12(5-6-23(32)7-8-27(2)22(23)31)3-4-15(16)13-10-14(11-13)28(18)20/h3-4,9-10,14,32H,7-8,11H2,1-2H3,(H2,24,29)(H,25,30)/t14?,23-/m0/s1. The molecule has 6 rings (SSSR count). The summed E-state index contributed by atoms with van der Waals surface area (Å²) in [5, 5.41) is 13.1. The van der Waals surface area contributed by atoms with E-state index in [0.29, 0.717) is 29.9 Å². The number of carbonyl (C=O) groups excluding carboxylic acids is 3. The van der Waals surface area contributed by atoms with Crippen molar-refractivity contribution in [2.45, 2.75) is 24.5 Å². The van der Waals surface area contributed by atoms with Gasteiger partial charge in [0.2, 0.25) is 5.60 Å². The molecule has 9 nitrogen and oxygen atoms in total. The quantitative estimate of drug-likeness (QED) is 0.589. The van der Waals surface area contributed by atoms with Gasteiger partial charge in [0.25, 0.3) is 17.7 Å². The van der Waals surface area contributed by atoms with Gasteiger partial charge in [-0.25, -0.2) is 4.98 Å². The third kappa shape index (κ3) is 2.77. The Hall–Kier alpha value is -3.90. The monoisotopic (exact) mass is 431 g/mol. The van der Waals surface area contributed by atoms with Gasteiger partial charge in [0.15, 0.2) is 5.69 Å². The topological polar surface area (TPSA) is 131 Å². The number of aliphatic hydroxyl groups is 1. The van der Waals surface area contributed by atoms with Gasteiger partial charge in [0.05, 0.1) is 6.04 Å². The maximum absolute atomic E-state index is 12.6. The van der Waals surface area contributed by atoms with E-state index in [1.807, 2.05) is 18.2 Å². The molecule has 0 radical (unpaired) electrons.